The predicted molar refractivity (Wildman–Crippen MR) is 247 cm³/mol. The van der Waals surface area contributed by atoms with Gasteiger partial charge in [-0.15, -0.1) is 11.3 Å². The van der Waals surface area contributed by atoms with Crippen molar-refractivity contribution in [3.05, 3.63) is 187 Å². The lowest BCUT2D eigenvalue weighted by atomic mass is 9.93. The molecule has 0 amide bonds. The van der Waals surface area contributed by atoms with Crippen LogP contribution in [-0.4, -0.2) is 9.13 Å². The molecule has 0 radical (unpaired) electrons. The third kappa shape index (κ3) is 4.82. The first kappa shape index (κ1) is 32.6. The van der Waals surface area contributed by atoms with Gasteiger partial charge in [-0.2, -0.15) is 0 Å². The highest BCUT2D eigenvalue weighted by molar-refractivity contribution is 7.26. The number of hydrogen-bond acceptors (Lipinski definition) is 1. The summed E-state index contributed by atoms with van der Waals surface area (Å²) in [5.41, 5.74) is 13.7. The predicted octanol–water partition coefficient (Wildman–Crippen LogP) is 15.4. The van der Waals surface area contributed by atoms with Crippen molar-refractivity contribution in [2.24, 2.45) is 5.92 Å². The maximum atomic E-state index is 2.53. The molecular formula is C54H38N2S. The number of rotatable bonds is 4. The topological polar surface area (TPSA) is 9.86 Å². The van der Waals surface area contributed by atoms with Gasteiger partial charge in [-0.25, -0.2) is 0 Å². The van der Waals surface area contributed by atoms with Crippen LogP contribution in [0, 0.1) is 12.8 Å². The highest BCUT2D eigenvalue weighted by atomic mass is 32.1. The minimum Gasteiger partial charge on any atom is -0.309 e. The normalized spacial score (nSPS) is 14.6. The zero-order valence-electron chi connectivity index (χ0n) is 31.8. The summed E-state index contributed by atoms with van der Waals surface area (Å²) >= 11 is 1.92. The summed E-state index contributed by atoms with van der Waals surface area (Å²) in [7, 11) is 0. The van der Waals surface area contributed by atoms with E-state index in [1.165, 1.54) is 114 Å². The van der Waals surface area contributed by atoms with Gasteiger partial charge in [0.1, 0.15) is 0 Å². The molecule has 3 heteroatoms. The lowest BCUT2D eigenvalue weighted by Gasteiger charge is -2.16. The van der Waals surface area contributed by atoms with E-state index in [1.54, 1.807) is 0 Å². The number of benzene rings is 8. The van der Waals surface area contributed by atoms with Crippen LogP contribution in [0.3, 0.4) is 0 Å². The number of aromatic nitrogens is 2. The Bertz CT molecular complexity index is 3520. The molecule has 3 heterocycles. The molecule has 0 spiro atoms. The van der Waals surface area contributed by atoms with E-state index in [1.807, 2.05) is 11.3 Å². The van der Waals surface area contributed by atoms with Crippen LogP contribution >= 0.6 is 11.3 Å². The summed E-state index contributed by atoms with van der Waals surface area (Å²) in [6, 6.07) is 58.9. The lowest BCUT2D eigenvalue weighted by Crippen LogP contribution is -2.00. The Balaban J connectivity index is 1.15. The van der Waals surface area contributed by atoms with Crippen LogP contribution in [0.25, 0.3) is 103 Å². The molecule has 1 unspecified atom stereocenters. The van der Waals surface area contributed by atoms with Gasteiger partial charge >= 0.3 is 0 Å². The number of thiophene rings is 1. The van der Waals surface area contributed by atoms with Crippen LogP contribution in [0.1, 0.15) is 24.5 Å². The maximum absolute atomic E-state index is 2.53. The van der Waals surface area contributed by atoms with Crippen molar-refractivity contribution in [3.63, 3.8) is 0 Å². The van der Waals surface area contributed by atoms with Crippen LogP contribution in [0.5, 0.6) is 0 Å². The molecule has 57 heavy (non-hydrogen) atoms. The van der Waals surface area contributed by atoms with Gasteiger partial charge in [0.25, 0.3) is 0 Å². The summed E-state index contributed by atoms with van der Waals surface area (Å²) < 4.78 is 7.64. The first-order valence-electron chi connectivity index (χ1n) is 20.0. The van der Waals surface area contributed by atoms with Gasteiger partial charge in [0, 0.05) is 48.1 Å². The Kier molecular flexibility index (Phi) is 7.09. The van der Waals surface area contributed by atoms with Crippen LogP contribution in [0.4, 0.5) is 0 Å². The first-order valence-corrected chi connectivity index (χ1v) is 20.8. The molecule has 1 aliphatic rings. The summed E-state index contributed by atoms with van der Waals surface area (Å²) in [5.74, 6) is 0.585. The Morgan fingerprint density at radius 2 is 1.23 bits per heavy atom. The number of nitrogens with zero attached hydrogens (tertiary/aromatic N) is 2. The van der Waals surface area contributed by atoms with Gasteiger partial charge < -0.3 is 9.13 Å². The Hall–Kier alpha value is -6.68. The fourth-order valence-corrected chi connectivity index (χ4v) is 10.8. The molecule has 270 valence electrons. The van der Waals surface area contributed by atoms with Crippen LogP contribution in [-0.2, 0) is 0 Å². The van der Waals surface area contributed by atoms with E-state index in [0.717, 1.165) is 6.42 Å². The van der Waals surface area contributed by atoms with Crippen molar-refractivity contribution in [1.82, 2.24) is 9.13 Å². The maximum Gasteiger partial charge on any atom is 0.0720 e. The third-order valence-electron chi connectivity index (χ3n) is 12.4. The second-order valence-corrected chi connectivity index (χ2v) is 16.8. The Morgan fingerprint density at radius 3 is 2.05 bits per heavy atom. The average molecular weight is 747 g/mol. The molecule has 0 bridgehead atoms. The van der Waals surface area contributed by atoms with E-state index < -0.39 is 0 Å². The minimum atomic E-state index is 0.585. The first-order chi connectivity index (χ1) is 28.1. The van der Waals surface area contributed by atoms with E-state index in [-0.39, 0.29) is 0 Å². The molecule has 0 aliphatic heterocycles. The second kappa shape index (κ2) is 12.4. The SMILES string of the molecule is Cc1ccc(C2=CCC(C)C=C2)cc1-n1c2ccccc2c2cc(-c3cc4c5ccccc5n(-c5cccc6ccccc56)c4c4sc5ccccc5c34)ccc21. The van der Waals surface area contributed by atoms with E-state index in [9.17, 15) is 0 Å². The number of fused-ring (bicyclic) bond motifs is 11. The van der Waals surface area contributed by atoms with E-state index >= 15 is 0 Å². The van der Waals surface area contributed by atoms with E-state index in [0.29, 0.717) is 5.92 Å². The van der Waals surface area contributed by atoms with Gasteiger partial charge in [-0.3, -0.25) is 0 Å². The summed E-state index contributed by atoms with van der Waals surface area (Å²) in [4.78, 5) is 0. The molecule has 1 atom stereocenters. The summed E-state index contributed by atoms with van der Waals surface area (Å²) in [5, 5.41) is 10.2. The van der Waals surface area contributed by atoms with Gasteiger partial charge in [-0.05, 0) is 101 Å². The van der Waals surface area contributed by atoms with Gasteiger partial charge in [-0.1, -0.05) is 134 Å². The highest BCUT2D eigenvalue weighted by Crippen LogP contribution is 2.49. The van der Waals surface area contributed by atoms with Crippen LogP contribution in [0.15, 0.2) is 176 Å². The minimum absolute atomic E-state index is 0.585. The summed E-state index contributed by atoms with van der Waals surface area (Å²) in [6.07, 6.45) is 8.10. The largest absolute Gasteiger partial charge is 0.309 e. The van der Waals surface area contributed by atoms with Crippen molar-refractivity contribution >= 4 is 91.5 Å². The Labute approximate surface area is 334 Å². The van der Waals surface area contributed by atoms with E-state index in [4.69, 9.17) is 0 Å². The fourth-order valence-electron chi connectivity index (χ4n) is 9.58. The monoisotopic (exact) mass is 746 g/mol. The standard InChI is InChI=1S/C54H38N2S/c1-33-22-25-35(26-23-33)37-27-24-34(2)50(31-37)55-47-18-8-5-15-40(47)44-30-38(28-29-49(44)55)43-32-45-41-16-6-9-19-48(41)56(46-20-11-13-36-12-3-4-14-39(36)46)53(45)54-52(43)42-17-7-10-21-51(42)57-54/h3-22,24-33H,23H2,1-2H3. The number of para-hydroxylation sites is 2. The number of allylic oxidation sites excluding steroid dienone is 4. The van der Waals surface area contributed by atoms with Crippen LogP contribution < -0.4 is 0 Å². The highest BCUT2D eigenvalue weighted by Gasteiger charge is 2.23. The molecule has 0 saturated heterocycles. The molecule has 11 aromatic rings. The van der Waals surface area contributed by atoms with Crippen molar-refractivity contribution in [1.29, 1.82) is 0 Å². The lowest BCUT2D eigenvalue weighted by molar-refractivity contribution is 0.739. The molecule has 0 saturated carbocycles. The molecule has 8 aromatic carbocycles. The fraction of sp³-hybridized carbons (Fsp3) is 0.0741. The molecule has 1 aliphatic carbocycles. The summed E-state index contributed by atoms with van der Waals surface area (Å²) in [6.45, 7) is 4.52. The van der Waals surface area contributed by atoms with Gasteiger partial charge in [0.2, 0.25) is 0 Å². The van der Waals surface area contributed by atoms with Crippen LogP contribution in [0.2, 0.25) is 0 Å². The third-order valence-corrected chi connectivity index (χ3v) is 13.5. The second-order valence-electron chi connectivity index (χ2n) is 15.8. The number of aryl methyl sites for hydroxylation is 1. The van der Waals surface area contributed by atoms with Gasteiger partial charge in [0.15, 0.2) is 0 Å². The Morgan fingerprint density at radius 1 is 0.544 bits per heavy atom. The molecule has 0 fully saturated rings. The molecule has 0 N–H and O–H groups in total. The van der Waals surface area contributed by atoms with Gasteiger partial charge in [0.05, 0.1) is 32.5 Å². The number of hydrogen-bond donors (Lipinski definition) is 0. The zero-order valence-corrected chi connectivity index (χ0v) is 32.6. The van der Waals surface area contributed by atoms with Crippen molar-refractivity contribution in [3.8, 4) is 22.5 Å². The van der Waals surface area contributed by atoms with Crippen molar-refractivity contribution in [2.75, 3.05) is 0 Å². The van der Waals surface area contributed by atoms with E-state index in [2.05, 4.69) is 199 Å². The zero-order chi connectivity index (χ0) is 37.8. The van der Waals surface area contributed by atoms with Crippen molar-refractivity contribution in [2.45, 2.75) is 20.3 Å². The molecule has 12 rings (SSSR count). The molecular weight excluding hydrogens is 709 g/mol. The average Bonchev–Trinajstić information content (AvgIpc) is 3.92. The smallest absolute Gasteiger partial charge is 0.0720 e. The quantitative estimate of drug-likeness (QED) is 0.170. The molecule has 3 aromatic heterocycles. The van der Waals surface area contributed by atoms with Crippen molar-refractivity contribution < 1.29 is 0 Å². The molecule has 2 nitrogen and oxygen atoms in total.